The van der Waals surface area contributed by atoms with Crippen LogP contribution in [0.15, 0.2) is 42.5 Å². The van der Waals surface area contributed by atoms with Crippen LogP contribution in [0.25, 0.3) is 0 Å². The van der Waals surface area contributed by atoms with Gasteiger partial charge < -0.3 is 10.1 Å². The van der Waals surface area contributed by atoms with Gasteiger partial charge in [0.15, 0.2) is 17.4 Å². The van der Waals surface area contributed by atoms with Crippen molar-refractivity contribution in [1.82, 2.24) is 0 Å². The summed E-state index contributed by atoms with van der Waals surface area (Å²) in [6.45, 7) is 0. The highest BCUT2D eigenvalue weighted by atomic mass is 35.5. The van der Waals surface area contributed by atoms with Gasteiger partial charge in [0, 0.05) is 5.69 Å². The molecule has 0 saturated carbocycles. The van der Waals surface area contributed by atoms with Crippen LogP contribution >= 0.6 is 11.6 Å². The Bertz CT molecular complexity index is 1400. The molecule has 3 aromatic rings. The zero-order chi connectivity index (χ0) is 27.0. The van der Waals surface area contributed by atoms with Crippen molar-refractivity contribution in [2.45, 2.75) is 12.4 Å². The summed E-state index contributed by atoms with van der Waals surface area (Å²) in [5.74, 6) is -8.78. The Morgan fingerprint density at radius 3 is 2.14 bits per heavy atom. The number of benzene rings is 3. The third-order valence-electron chi connectivity index (χ3n) is 4.52. The second kappa shape index (κ2) is 9.62. The number of carbonyl (C=O) groups excluding carboxylic acids is 1. The predicted octanol–water partition coefficient (Wildman–Crippen LogP) is 7.71. The number of nitrogens with zero attached hydrogens (tertiary/aromatic N) is 1. The van der Waals surface area contributed by atoms with Gasteiger partial charge in [-0.1, -0.05) is 11.6 Å². The molecule has 188 valence electrons. The number of ether oxygens (including phenoxy) is 1. The van der Waals surface area contributed by atoms with Gasteiger partial charge in [0.1, 0.15) is 23.2 Å². The van der Waals surface area contributed by atoms with Crippen LogP contribution in [0.2, 0.25) is 5.02 Å². The molecule has 1 amide bonds. The minimum Gasteiger partial charge on any atom is -0.453 e. The van der Waals surface area contributed by atoms with E-state index in [2.05, 4.69) is 0 Å². The highest BCUT2D eigenvalue weighted by molar-refractivity contribution is 6.31. The Labute approximate surface area is 200 Å². The van der Waals surface area contributed by atoms with Crippen molar-refractivity contribution >= 4 is 23.2 Å². The molecule has 0 unspecified atom stereocenters. The molecule has 0 aliphatic rings. The predicted molar refractivity (Wildman–Crippen MR) is 107 cm³/mol. The number of hydrogen-bond donors (Lipinski definition) is 1. The fourth-order valence-electron chi connectivity index (χ4n) is 2.88. The quantitative estimate of drug-likeness (QED) is 0.346. The molecule has 4 nitrogen and oxygen atoms in total. The van der Waals surface area contributed by atoms with E-state index >= 15 is 0 Å². The maximum Gasteiger partial charge on any atom is 0.419 e. The molecule has 3 aromatic carbocycles. The number of hydrogen-bond acceptors (Lipinski definition) is 3. The van der Waals surface area contributed by atoms with Gasteiger partial charge in [-0.05, 0) is 42.5 Å². The second-order valence-corrected chi connectivity index (χ2v) is 7.34. The average Bonchev–Trinajstić information content (AvgIpc) is 2.76. The van der Waals surface area contributed by atoms with Gasteiger partial charge in [0.25, 0.3) is 5.91 Å². The van der Waals surface area contributed by atoms with Crippen molar-refractivity contribution in [3.63, 3.8) is 0 Å². The van der Waals surface area contributed by atoms with Crippen LogP contribution in [0.3, 0.4) is 0 Å². The van der Waals surface area contributed by atoms with Crippen LogP contribution in [0.4, 0.5) is 45.2 Å². The largest absolute Gasteiger partial charge is 0.453 e. The minimum absolute atomic E-state index is 0.109. The van der Waals surface area contributed by atoms with Crippen LogP contribution < -0.4 is 10.1 Å². The van der Waals surface area contributed by atoms with Crippen molar-refractivity contribution in [2.24, 2.45) is 0 Å². The Balaban J connectivity index is 2.14. The number of rotatable bonds is 4. The first-order valence-corrected chi connectivity index (χ1v) is 9.66. The van der Waals surface area contributed by atoms with Crippen LogP contribution in [0.1, 0.15) is 27.0 Å². The Hall–Kier alpha value is -3.92. The smallest absolute Gasteiger partial charge is 0.419 e. The third kappa shape index (κ3) is 5.49. The van der Waals surface area contributed by atoms with E-state index in [-0.39, 0.29) is 23.9 Å². The van der Waals surface area contributed by atoms with Crippen LogP contribution in [0.5, 0.6) is 11.5 Å². The van der Waals surface area contributed by atoms with Crippen molar-refractivity contribution in [2.75, 3.05) is 5.32 Å². The van der Waals surface area contributed by atoms with Gasteiger partial charge in [-0.2, -0.15) is 31.6 Å². The van der Waals surface area contributed by atoms with Gasteiger partial charge in [0.05, 0.1) is 21.7 Å². The summed E-state index contributed by atoms with van der Waals surface area (Å²) >= 11 is 5.44. The molecule has 0 heterocycles. The summed E-state index contributed by atoms with van der Waals surface area (Å²) in [6, 6.07) is 4.69. The van der Waals surface area contributed by atoms with Crippen LogP contribution in [-0.2, 0) is 12.4 Å². The Kier molecular flexibility index (Phi) is 7.13. The second-order valence-electron chi connectivity index (χ2n) is 6.93. The fraction of sp³-hybridized carbons (Fsp3) is 0.0909. The van der Waals surface area contributed by atoms with E-state index in [1.807, 2.05) is 5.32 Å². The molecule has 0 atom stereocenters. The zero-order valence-corrected chi connectivity index (χ0v) is 17.8. The molecule has 0 spiro atoms. The summed E-state index contributed by atoms with van der Waals surface area (Å²) in [6.07, 6.45) is -10.4. The summed E-state index contributed by atoms with van der Waals surface area (Å²) in [5, 5.41) is 9.71. The minimum atomic E-state index is -5.31. The van der Waals surface area contributed by atoms with Crippen molar-refractivity contribution in [3.05, 3.63) is 87.2 Å². The maximum absolute atomic E-state index is 14.9. The van der Waals surface area contributed by atoms with Gasteiger partial charge in [-0.15, -0.1) is 0 Å². The summed E-state index contributed by atoms with van der Waals surface area (Å²) in [4.78, 5) is 12.7. The summed E-state index contributed by atoms with van der Waals surface area (Å²) in [7, 11) is 0. The number of anilines is 1. The lowest BCUT2D eigenvalue weighted by atomic mass is 10.1. The average molecular weight is 539 g/mol. The lowest BCUT2D eigenvalue weighted by molar-refractivity contribution is -0.140. The first-order valence-electron chi connectivity index (χ1n) is 9.28. The number of carbonyl (C=O) groups is 1. The van der Waals surface area contributed by atoms with Gasteiger partial charge in [-0.25, -0.2) is 13.2 Å². The third-order valence-corrected chi connectivity index (χ3v) is 4.80. The van der Waals surface area contributed by atoms with E-state index < -0.39 is 74.5 Å². The molecule has 0 bridgehead atoms. The van der Waals surface area contributed by atoms with Crippen molar-refractivity contribution in [3.8, 4) is 17.6 Å². The number of nitrogens with one attached hydrogen (secondary N) is 1. The zero-order valence-electron chi connectivity index (χ0n) is 17.1. The molecule has 36 heavy (non-hydrogen) atoms. The lowest BCUT2D eigenvalue weighted by Crippen LogP contribution is -2.19. The number of alkyl halides is 6. The molecular weight excluding hydrogens is 531 g/mol. The summed E-state index contributed by atoms with van der Waals surface area (Å²) in [5.41, 5.74) is -5.85. The van der Waals surface area contributed by atoms with Crippen molar-refractivity contribution in [1.29, 1.82) is 5.26 Å². The normalized spacial score (nSPS) is 11.7. The van der Waals surface area contributed by atoms with E-state index in [0.29, 0.717) is 6.07 Å². The summed E-state index contributed by atoms with van der Waals surface area (Å²) < 4.78 is 127. The fourth-order valence-corrected chi connectivity index (χ4v) is 3.09. The molecule has 3 rings (SSSR count). The molecule has 0 radical (unpaired) electrons. The molecular formula is C22H8ClF9N2O2. The van der Waals surface area contributed by atoms with Gasteiger partial charge in [-0.3, -0.25) is 4.79 Å². The van der Waals surface area contributed by atoms with E-state index in [9.17, 15) is 44.3 Å². The van der Waals surface area contributed by atoms with E-state index in [1.165, 1.54) is 6.07 Å². The van der Waals surface area contributed by atoms with E-state index in [0.717, 1.165) is 18.2 Å². The highest BCUT2D eigenvalue weighted by Crippen LogP contribution is 2.41. The topological polar surface area (TPSA) is 62.1 Å². The monoisotopic (exact) mass is 538 g/mol. The maximum atomic E-state index is 14.9. The first kappa shape index (κ1) is 26.7. The highest BCUT2D eigenvalue weighted by Gasteiger charge is 2.38. The van der Waals surface area contributed by atoms with E-state index in [4.69, 9.17) is 21.6 Å². The molecule has 0 aliphatic heterocycles. The molecule has 0 fully saturated rings. The number of halogens is 10. The van der Waals surface area contributed by atoms with Crippen LogP contribution in [0, 0.1) is 28.8 Å². The lowest BCUT2D eigenvalue weighted by Gasteiger charge is -2.17. The molecule has 0 saturated heterocycles. The van der Waals surface area contributed by atoms with Gasteiger partial charge >= 0.3 is 12.4 Å². The number of nitriles is 1. The van der Waals surface area contributed by atoms with E-state index in [1.54, 1.807) is 0 Å². The number of amides is 1. The standard InChI is InChI=1S/C22H8ClF9N2O2/c23-13-6-10(21(27,28)29)7-16(19(13)26)36-15-4-2-12(22(30,31)32)18(25)17(15)20(35)34-11-1-3-14(24)9(5-11)8-33/h1-7H,(H,34,35). The molecule has 14 heteroatoms. The molecule has 0 aromatic heterocycles. The van der Waals surface area contributed by atoms with Crippen LogP contribution in [-0.4, -0.2) is 5.91 Å². The Morgan fingerprint density at radius 2 is 1.56 bits per heavy atom. The Morgan fingerprint density at radius 1 is 0.889 bits per heavy atom. The molecule has 1 N–H and O–H groups in total. The van der Waals surface area contributed by atoms with Gasteiger partial charge in [0.2, 0.25) is 0 Å². The van der Waals surface area contributed by atoms with Crippen molar-refractivity contribution < 1.29 is 49.0 Å². The first-order chi connectivity index (χ1) is 16.6. The molecule has 0 aliphatic carbocycles. The SMILES string of the molecule is N#Cc1cc(NC(=O)c2c(Oc3cc(C(F)(F)F)cc(Cl)c3F)ccc(C(F)(F)F)c2F)ccc1F.